The van der Waals surface area contributed by atoms with E-state index in [1.807, 2.05) is 42.5 Å². The van der Waals surface area contributed by atoms with Crippen molar-refractivity contribution in [2.75, 3.05) is 6.79 Å². The van der Waals surface area contributed by atoms with Gasteiger partial charge in [-0.05, 0) is 42.3 Å². The SMILES string of the molecule is O=C1CCC(c2nc(-c3ccc4c(c3)OCO4)no2)N1Cc1ccc(Cl)cc1. The molecule has 3 heterocycles. The molecule has 0 bridgehead atoms. The predicted molar refractivity (Wildman–Crippen MR) is 99.8 cm³/mol. The lowest BCUT2D eigenvalue weighted by atomic mass is 10.1. The lowest BCUT2D eigenvalue weighted by Gasteiger charge is -2.22. The van der Waals surface area contributed by atoms with Crippen molar-refractivity contribution in [1.29, 1.82) is 0 Å². The fourth-order valence-corrected chi connectivity index (χ4v) is 3.62. The van der Waals surface area contributed by atoms with Crippen molar-refractivity contribution in [3.63, 3.8) is 0 Å². The number of likely N-dealkylation sites (tertiary alicyclic amines) is 1. The first kappa shape index (κ1) is 17.1. The molecular formula is C20H16ClN3O4. The van der Waals surface area contributed by atoms with Gasteiger partial charge in [0, 0.05) is 23.6 Å². The maximum atomic E-state index is 12.4. The number of halogens is 1. The van der Waals surface area contributed by atoms with Crippen molar-refractivity contribution in [2.24, 2.45) is 0 Å². The van der Waals surface area contributed by atoms with Crippen LogP contribution in [0.15, 0.2) is 47.0 Å². The Hall–Kier alpha value is -3.06. The standard InChI is InChI=1S/C20H16ClN3O4/c21-14-4-1-12(2-5-14)10-24-15(6-8-18(24)25)20-22-19(23-28-20)13-3-7-16-17(9-13)27-11-26-16/h1-5,7,9,15H,6,8,10-11H2. The highest BCUT2D eigenvalue weighted by Gasteiger charge is 2.36. The molecule has 1 atom stereocenters. The second-order valence-electron chi connectivity index (χ2n) is 6.73. The summed E-state index contributed by atoms with van der Waals surface area (Å²) in [5, 5.41) is 4.76. The minimum atomic E-state index is -0.238. The monoisotopic (exact) mass is 397 g/mol. The molecule has 2 aromatic carbocycles. The zero-order chi connectivity index (χ0) is 19.1. The molecule has 1 saturated heterocycles. The molecule has 8 heteroatoms. The summed E-state index contributed by atoms with van der Waals surface area (Å²) in [5.41, 5.74) is 1.77. The summed E-state index contributed by atoms with van der Waals surface area (Å²) in [6.45, 7) is 0.683. The molecule has 1 amide bonds. The number of hydrogen-bond donors (Lipinski definition) is 0. The van der Waals surface area contributed by atoms with Crippen LogP contribution in [-0.4, -0.2) is 27.7 Å². The van der Waals surface area contributed by atoms with Crippen molar-refractivity contribution in [3.8, 4) is 22.9 Å². The second kappa shape index (κ2) is 6.83. The van der Waals surface area contributed by atoms with Gasteiger partial charge in [-0.25, -0.2) is 0 Å². The highest BCUT2D eigenvalue weighted by atomic mass is 35.5. The summed E-state index contributed by atoms with van der Waals surface area (Å²) in [6.07, 6.45) is 1.11. The maximum absolute atomic E-state index is 12.4. The van der Waals surface area contributed by atoms with Crippen LogP contribution in [0.1, 0.15) is 30.3 Å². The number of nitrogens with zero attached hydrogens (tertiary/aromatic N) is 3. The van der Waals surface area contributed by atoms with Gasteiger partial charge in [-0.15, -0.1) is 0 Å². The molecule has 0 spiro atoms. The van der Waals surface area contributed by atoms with Crippen molar-refractivity contribution >= 4 is 17.5 Å². The molecule has 2 aliphatic rings. The normalized spacial score (nSPS) is 18.1. The molecule has 0 saturated carbocycles. The molecule has 0 radical (unpaired) electrons. The van der Waals surface area contributed by atoms with Crippen molar-refractivity contribution in [1.82, 2.24) is 15.0 Å². The Morgan fingerprint density at radius 3 is 2.79 bits per heavy atom. The van der Waals surface area contributed by atoms with Gasteiger partial charge in [-0.2, -0.15) is 4.98 Å². The molecular weight excluding hydrogens is 382 g/mol. The first-order chi connectivity index (χ1) is 13.7. The molecule has 3 aromatic rings. The van der Waals surface area contributed by atoms with Gasteiger partial charge in [0.25, 0.3) is 0 Å². The Morgan fingerprint density at radius 2 is 1.93 bits per heavy atom. The predicted octanol–water partition coefficient (Wildman–Crippen LogP) is 3.98. The third-order valence-electron chi connectivity index (χ3n) is 4.95. The van der Waals surface area contributed by atoms with Crippen LogP contribution < -0.4 is 9.47 Å². The van der Waals surface area contributed by atoms with E-state index in [-0.39, 0.29) is 18.7 Å². The molecule has 7 nitrogen and oxygen atoms in total. The number of aromatic nitrogens is 2. The van der Waals surface area contributed by atoms with E-state index in [4.69, 9.17) is 25.6 Å². The van der Waals surface area contributed by atoms with Crippen LogP contribution in [0.5, 0.6) is 11.5 Å². The molecule has 142 valence electrons. The Balaban J connectivity index is 1.39. The first-order valence-electron chi connectivity index (χ1n) is 8.95. The maximum Gasteiger partial charge on any atom is 0.249 e. The van der Waals surface area contributed by atoms with Gasteiger partial charge in [0.1, 0.15) is 6.04 Å². The van der Waals surface area contributed by atoms with E-state index in [0.717, 1.165) is 11.1 Å². The van der Waals surface area contributed by atoms with Gasteiger partial charge < -0.3 is 18.9 Å². The van der Waals surface area contributed by atoms with Crippen LogP contribution in [0.4, 0.5) is 0 Å². The lowest BCUT2D eigenvalue weighted by molar-refractivity contribution is -0.129. The Morgan fingerprint density at radius 1 is 1.11 bits per heavy atom. The Bertz CT molecular complexity index is 1030. The van der Waals surface area contributed by atoms with E-state index < -0.39 is 0 Å². The highest BCUT2D eigenvalue weighted by molar-refractivity contribution is 6.30. The van der Waals surface area contributed by atoms with Gasteiger partial charge in [0.2, 0.25) is 24.4 Å². The van der Waals surface area contributed by atoms with Crippen molar-refractivity contribution in [3.05, 3.63) is 58.9 Å². The number of amides is 1. The summed E-state index contributed by atoms with van der Waals surface area (Å²) in [6, 6.07) is 12.7. The van der Waals surface area contributed by atoms with E-state index in [1.54, 1.807) is 4.90 Å². The average Bonchev–Trinajstić information content (AvgIpc) is 3.43. The topological polar surface area (TPSA) is 77.7 Å². The number of carbonyl (C=O) groups is 1. The lowest BCUT2D eigenvalue weighted by Crippen LogP contribution is -2.27. The van der Waals surface area contributed by atoms with Crippen molar-refractivity contribution < 1.29 is 18.8 Å². The molecule has 2 aliphatic heterocycles. The van der Waals surface area contributed by atoms with Crippen molar-refractivity contribution in [2.45, 2.75) is 25.4 Å². The summed E-state index contributed by atoms with van der Waals surface area (Å²) in [5.74, 6) is 2.32. The third kappa shape index (κ3) is 3.07. The van der Waals surface area contributed by atoms with E-state index >= 15 is 0 Å². The molecule has 0 N–H and O–H groups in total. The zero-order valence-electron chi connectivity index (χ0n) is 14.8. The van der Waals surface area contributed by atoms with E-state index in [2.05, 4.69) is 10.1 Å². The van der Waals surface area contributed by atoms with Gasteiger partial charge in [-0.1, -0.05) is 28.9 Å². The fourth-order valence-electron chi connectivity index (χ4n) is 3.50. The van der Waals surface area contributed by atoms with E-state index in [1.165, 1.54) is 0 Å². The number of carbonyl (C=O) groups excluding carboxylic acids is 1. The van der Waals surface area contributed by atoms with E-state index in [9.17, 15) is 4.79 Å². The van der Waals surface area contributed by atoms with Crippen LogP contribution >= 0.6 is 11.6 Å². The molecule has 0 aliphatic carbocycles. The quantitative estimate of drug-likeness (QED) is 0.662. The number of ether oxygens (including phenoxy) is 2. The number of hydrogen-bond acceptors (Lipinski definition) is 6. The molecule has 5 rings (SSSR count). The third-order valence-corrected chi connectivity index (χ3v) is 5.20. The summed E-state index contributed by atoms with van der Waals surface area (Å²) in [7, 11) is 0. The van der Waals surface area contributed by atoms with Crippen LogP contribution in [-0.2, 0) is 11.3 Å². The van der Waals surface area contributed by atoms with Crippen LogP contribution in [0, 0.1) is 0 Å². The van der Waals surface area contributed by atoms with Crippen LogP contribution in [0.3, 0.4) is 0 Å². The second-order valence-corrected chi connectivity index (χ2v) is 7.16. The van der Waals surface area contributed by atoms with Crippen LogP contribution in [0.2, 0.25) is 5.02 Å². The zero-order valence-corrected chi connectivity index (χ0v) is 15.6. The van der Waals surface area contributed by atoms with E-state index in [0.29, 0.717) is 47.6 Å². The largest absolute Gasteiger partial charge is 0.454 e. The molecule has 28 heavy (non-hydrogen) atoms. The van der Waals surface area contributed by atoms with Crippen LogP contribution in [0.25, 0.3) is 11.4 Å². The number of rotatable bonds is 4. The van der Waals surface area contributed by atoms with Gasteiger partial charge in [0.15, 0.2) is 11.5 Å². The first-order valence-corrected chi connectivity index (χ1v) is 9.33. The van der Waals surface area contributed by atoms with Gasteiger partial charge >= 0.3 is 0 Å². The minimum absolute atomic E-state index is 0.0720. The summed E-state index contributed by atoms with van der Waals surface area (Å²) < 4.78 is 16.2. The summed E-state index contributed by atoms with van der Waals surface area (Å²) >= 11 is 5.95. The average molecular weight is 398 g/mol. The molecule has 1 aromatic heterocycles. The molecule has 1 unspecified atom stereocenters. The highest BCUT2D eigenvalue weighted by Crippen LogP contribution is 2.37. The smallest absolute Gasteiger partial charge is 0.249 e. The minimum Gasteiger partial charge on any atom is -0.454 e. The van der Waals surface area contributed by atoms with Gasteiger partial charge in [-0.3, -0.25) is 4.79 Å². The number of benzene rings is 2. The fraction of sp³-hybridized carbons (Fsp3) is 0.250. The summed E-state index contributed by atoms with van der Waals surface area (Å²) in [4.78, 5) is 18.7. The Kier molecular flexibility index (Phi) is 4.16. The van der Waals surface area contributed by atoms with Gasteiger partial charge in [0.05, 0.1) is 0 Å². The Labute approximate surface area is 165 Å². The number of fused-ring (bicyclic) bond motifs is 1. The molecule has 1 fully saturated rings.